The molecule has 0 aromatic rings. The molecule has 1 N–H and O–H groups in total. The molecule has 0 saturated carbocycles. The fourth-order valence-corrected chi connectivity index (χ4v) is 2.14. The Morgan fingerprint density at radius 2 is 2.14 bits per heavy atom. The SMILES string of the molecule is CNC(C)CN1CCCN(C)CC1C. The molecule has 0 aromatic heterocycles. The predicted molar refractivity (Wildman–Crippen MR) is 61.7 cm³/mol. The highest BCUT2D eigenvalue weighted by Crippen LogP contribution is 2.08. The van der Waals surface area contributed by atoms with Gasteiger partial charge < -0.3 is 10.2 Å². The van der Waals surface area contributed by atoms with Gasteiger partial charge in [-0.15, -0.1) is 0 Å². The second-order valence-corrected chi connectivity index (χ2v) is 4.65. The molecule has 3 heteroatoms. The molecule has 2 unspecified atom stereocenters. The Bertz CT molecular complexity index is 161. The number of hydrogen-bond acceptors (Lipinski definition) is 3. The van der Waals surface area contributed by atoms with E-state index in [0.29, 0.717) is 12.1 Å². The number of nitrogens with one attached hydrogen (secondary N) is 1. The van der Waals surface area contributed by atoms with Crippen molar-refractivity contribution >= 4 is 0 Å². The van der Waals surface area contributed by atoms with Gasteiger partial charge in [0.1, 0.15) is 0 Å². The second-order valence-electron chi connectivity index (χ2n) is 4.65. The number of rotatable bonds is 3. The van der Waals surface area contributed by atoms with Crippen LogP contribution in [0.25, 0.3) is 0 Å². The first kappa shape index (κ1) is 12.0. The molecule has 0 spiro atoms. The summed E-state index contributed by atoms with van der Waals surface area (Å²) in [5.41, 5.74) is 0. The highest BCUT2D eigenvalue weighted by molar-refractivity contribution is 4.77. The van der Waals surface area contributed by atoms with Gasteiger partial charge in [-0.05, 0) is 47.5 Å². The van der Waals surface area contributed by atoms with E-state index in [9.17, 15) is 0 Å². The van der Waals surface area contributed by atoms with Gasteiger partial charge in [0.25, 0.3) is 0 Å². The molecule has 14 heavy (non-hydrogen) atoms. The average molecular weight is 199 g/mol. The van der Waals surface area contributed by atoms with E-state index in [1.54, 1.807) is 0 Å². The molecule has 0 amide bonds. The number of nitrogens with zero attached hydrogens (tertiary/aromatic N) is 2. The van der Waals surface area contributed by atoms with E-state index in [-0.39, 0.29) is 0 Å². The Kier molecular flexibility index (Phi) is 4.85. The van der Waals surface area contributed by atoms with Gasteiger partial charge in [-0.2, -0.15) is 0 Å². The molecule has 84 valence electrons. The first-order chi connectivity index (χ1) is 6.63. The van der Waals surface area contributed by atoms with Crippen LogP contribution < -0.4 is 5.32 Å². The zero-order chi connectivity index (χ0) is 10.6. The van der Waals surface area contributed by atoms with Crippen LogP contribution >= 0.6 is 0 Å². The topological polar surface area (TPSA) is 18.5 Å². The Morgan fingerprint density at radius 3 is 2.79 bits per heavy atom. The monoisotopic (exact) mass is 199 g/mol. The van der Waals surface area contributed by atoms with Crippen molar-refractivity contribution in [1.29, 1.82) is 0 Å². The van der Waals surface area contributed by atoms with Gasteiger partial charge in [-0.3, -0.25) is 4.90 Å². The molecule has 2 atom stereocenters. The Labute approximate surface area is 88.5 Å². The van der Waals surface area contributed by atoms with Crippen molar-refractivity contribution in [2.24, 2.45) is 0 Å². The standard InChI is InChI=1S/C11H25N3/c1-10(12-3)8-14-7-5-6-13(4)9-11(14)2/h10-12H,5-9H2,1-4H3. The second kappa shape index (κ2) is 5.69. The third kappa shape index (κ3) is 3.56. The Morgan fingerprint density at radius 1 is 1.43 bits per heavy atom. The molecular formula is C11H25N3. The van der Waals surface area contributed by atoms with Crippen molar-refractivity contribution in [2.45, 2.75) is 32.4 Å². The molecule has 1 heterocycles. The lowest BCUT2D eigenvalue weighted by Crippen LogP contribution is -2.44. The van der Waals surface area contributed by atoms with E-state index in [2.05, 4.69) is 36.0 Å². The van der Waals surface area contributed by atoms with Gasteiger partial charge >= 0.3 is 0 Å². The van der Waals surface area contributed by atoms with Crippen molar-refractivity contribution in [3.8, 4) is 0 Å². The maximum Gasteiger partial charge on any atom is 0.0195 e. The third-order valence-corrected chi connectivity index (χ3v) is 3.19. The summed E-state index contributed by atoms with van der Waals surface area (Å²) in [6, 6.07) is 1.29. The van der Waals surface area contributed by atoms with Crippen LogP contribution in [0.4, 0.5) is 0 Å². The van der Waals surface area contributed by atoms with Crippen LogP contribution in [0.2, 0.25) is 0 Å². The van der Waals surface area contributed by atoms with E-state index in [1.807, 2.05) is 7.05 Å². The molecule has 3 nitrogen and oxygen atoms in total. The molecule has 1 fully saturated rings. The van der Waals surface area contributed by atoms with Crippen LogP contribution in [0.3, 0.4) is 0 Å². The van der Waals surface area contributed by atoms with Crippen LogP contribution in [0.15, 0.2) is 0 Å². The summed E-state index contributed by atoms with van der Waals surface area (Å²) >= 11 is 0. The molecule has 1 rings (SSSR count). The highest BCUT2D eigenvalue weighted by Gasteiger charge is 2.20. The van der Waals surface area contributed by atoms with Gasteiger partial charge in [0.15, 0.2) is 0 Å². The lowest BCUT2D eigenvalue weighted by atomic mass is 10.2. The fraction of sp³-hybridized carbons (Fsp3) is 1.00. The summed E-state index contributed by atoms with van der Waals surface area (Å²) in [7, 11) is 4.26. The van der Waals surface area contributed by atoms with Gasteiger partial charge in [0.05, 0.1) is 0 Å². The molecule has 1 saturated heterocycles. The van der Waals surface area contributed by atoms with Crippen molar-refractivity contribution in [2.75, 3.05) is 40.3 Å². The third-order valence-electron chi connectivity index (χ3n) is 3.19. The maximum absolute atomic E-state index is 3.31. The summed E-state index contributed by atoms with van der Waals surface area (Å²) < 4.78 is 0. The van der Waals surface area contributed by atoms with Crippen molar-refractivity contribution in [3.63, 3.8) is 0 Å². The molecule has 0 aromatic carbocycles. The summed E-state index contributed by atoms with van der Waals surface area (Å²) in [5.74, 6) is 0. The minimum Gasteiger partial charge on any atom is -0.316 e. The summed E-state index contributed by atoms with van der Waals surface area (Å²) in [6.07, 6.45) is 1.30. The molecule has 1 aliphatic rings. The van der Waals surface area contributed by atoms with Gasteiger partial charge in [-0.25, -0.2) is 0 Å². The van der Waals surface area contributed by atoms with Crippen molar-refractivity contribution in [1.82, 2.24) is 15.1 Å². The summed E-state index contributed by atoms with van der Waals surface area (Å²) in [4.78, 5) is 5.04. The van der Waals surface area contributed by atoms with Crippen LogP contribution in [0.5, 0.6) is 0 Å². The first-order valence-corrected chi connectivity index (χ1v) is 5.73. The quantitative estimate of drug-likeness (QED) is 0.719. The van der Waals surface area contributed by atoms with E-state index < -0.39 is 0 Å². The van der Waals surface area contributed by atoms with Gasteiger partial charge in [-0.1, -0.05) is 0 Å². The van der Waals surface area contributed by atoms with E-state index >= 15 is 0 Å². The van der Waals surface area contributed by atoms with Crippen molar-refractivity contribution in [3.05, 3.63) is 0 Å². The summed E-state index contributed by atoms with van der Waals surface area (Å²) in [6.45, 7) is 9.46. The molecular weight excluding hydrogens is 174 g/mol. The maximum atomic E-state index is 3.31. The van der Waals surface area contributed by atoms with Crippen LogP contribution in [0.1, 0.15) is 20.3 Å². The molecule has 0 aliphatic carbocycles. The minimum atomic E-state index is 0.598. The van der Waals surface area contributed by atoms with E-state index in [4.69, 9.17) is 0 Å². The highest BCUT2D eigenvalue weighted by atomic mass is 15.2. The zero-order valence-corrected chi connectivity index (χ0v) is 10.1. The smallest absolute Gasteiger partial charge is 0.0195 e. The minimum absolute atomic E-state index is 0.598. The molecule has 0 bridgehead atoms. The number of hydrogen-bond donors (Lipinski definition) is 1. The van der Waals surface area contributed by atoms with Gasteiger partial charge in [0.2, 0.25) is 0 Å². The molecule has 0 radical (unpaired) electrons. The van der Waals surface area contributed by atoms with Crippen LogP contribution in [-0.4, -0.2) is 62.2 Å². The van der Waals surface area contributed by atoms with Crippen molar-refractivity contribution < 1.29 is 0 Å². The lowest BCUT2D eigenvalue weighted by Gasteiger charge is -2.30. The van der Waals surface area contributed by atoms with Crippen LogP contribution in [-0.2, 0) is 0 Å². The van der Waals surface area contributed by atoms with Crippen LogP contribution in [0, 0.1) is 0 Å². The zero-order valence-electron chi connectivity index (χ0n) is 10.1. The first-order valence-electron chi connectivity index (χ1n) is 5.73. The lowest BCUT2D eigenvalue weighted by molar-refractivity contribution is 0.188. The number of likely N-dealkylation sites (N-methyl/N-ethyl adjacent to an activating group) is 2. The average Bonchev–Trinajstić information content (AvgIpc) is 2.29. The van der Waals surface area contributed by atoms with E-state index in [0.717, 1.165) is 0 Å². The molecule has 1 aliphatic heterocycles. The predicted octanol–water partition coefficient (Wildman–Crippen LogP) is 0.620. The fourth-order valence-electron chi connectivity index (χ4n) is 2.14. The summed E-state index contributed by atoms with van der Waals surface area (Å²) in [5, 5.41) is 3.31. The largest absolute Gasteiger partial charge is 0.316 e. The van der Waals surface area contributed by atoms with E-state index in [1.165, 1.54) is 32.6 Å². The normalized spacial score (nSPS) is 28.7. The Hall–Kier alpha value is -0.120. The van der Waals surface area contributed by atoms with Gasteiger partial charge in [0, 0.05) is 25.2 Å². The Balaban J connectivity index is 2.42.